The van der Waals surface area contributed by atoms with E-state index in [1.807, 2.05) is 36.5 Å². The number of rotatable bonds is 4. The van der Waals surface area contributed by atoms with Crippen LogP contribution in [0.4, 0.5) is 0 Å². The smallest absolute Gasteiger partial charge is 0.206 e. The minimum atomic E-state index is -0.0695. The summed E-state index contributed by atoms with van der Waals surface area (Å²) in [4.78, 5) is 18.9. The van der Waals surface area contributed by atoms with Crippen molar-refractivity contribution in [2.24, 2.45) is 0 Å². The van der Waals surface area contributed by atoms with Crippen LogP contribution in [0.2, 0.25) is 5.02 Å². The summed E-state index contributed by atoms with van der Waals surface area (Å²) < 4.78 is 0. The fourth-order valence-electron chi connectivity index (χ4n) is 1.63. The van der Waals surface area contributed by atoms with Crippen LogP contribution in [0, 0.1) is 0 Å². The lowest BCUT2D eigenvalue weighted by Gasteiger charge is -2.11. The number of aromatic nitrogens is 1. The summed E-state index contributed by atoms with van der Waals surface area (Å²) in [6.45, 7) is 0. The van der Waals surface area contributed by atoms with E-state index in [1.165, 1.54) is 11.3 Å². The fraction of sp³-hybridized carbons (Fsp3) is 0.143. The van der Waals surface area contributed by atoms with Crippen molar-refractivity contribution in [3.8, 4) is 0 Å². The average molecular weight is 293 g/mol. The maximum absolute atomic E-state index is 12.6. The number of hydrogen-bond donors (Lipinski definition) is 0. The first-order valence-corrected chi connectivity index (χ1v) is 6.91. The first-order chi connectivity index (χ1) is 9.09. The molecule has 2 heterocycles. The predicted molar refractivity (Wildman–Crippen MR) is 79.6 cm³/mol. The normalized spacial score (nSPS) is 11.4. The van der Waals surface area contributed by atoms with Gasteiger partial charge in [0.05, 0.1) is 9.90 Å². The molecular formula is C14H13ClN2OS. The molecule has 0 spiro atoms. The van der Waals surface area contributed by atoms with E-state index < -0.39 is 0 Å². The Morgan fingerprint density at radius 1 is 1.32 bits per heavy atom. The van der Waals surface area contributed by atoms with Crippen molar-refractivity contribution in [3.05, 3.63) is 57.6 Å². The Labute approximate surface area is 121 Å². The van der Waals surface area contributed by atoms with E-state index >= 15 is 0 Å². The molecule has 0 fully saturated rings. The third-order valence-corrected chi connectivity index (χ3v) is 3.79. The Morgan fingerprint density at radius 2 is 2.00 bits per heavy atom. The summed E-state index contributed by atoms with van der Waals surface area (Å²) >= 11 is 7.39. The van der Waals surface area contributed by atoms with E-state index in [4.69, 9.17) is 11.6 Å². The highest BCUT2D eigenvalue weighted by Gasteiger charge is 2.18. The van der Waals surface area contributed by atoms with Gasteiger partial charge in [0.2, 0.25) is 5.78 Å². The first kappa shape index (κ1) is 13.8. The van der Waals surface area contributed by atoms with Crippen LogP contribution in [0.5, 0.6) is 0 Å². The van der Waals surface area contributed by atoms with E-state index in [1.54, 1.807) is 24.7 Å². The SMILES string of the molecule is CN(C)C=C(C(=O)c1sccc1Cl)c1ccncc1. The average Bonchev–Trinajstić information content (AvgIpc) is 2.82. The minimum Gasteiger partial charge on any atom is -0.383 e. The van der Waals surface area contributed by atoms with Gasteiger partial charge in [0.1, 0.15) is 0 Å². The fourth-order valence-corrected chi connectivity index (χ4v) is 2.73. The highest BCUT2D eigenvalue weighted by atomic mass is 35.5. The van der Waals surface area contributed by atoms with Gasteiger partial charge in [-0.05, 0) is 29.1 Å². The lowest BCUT2D eigenvalue weighted by molar-refractivity contribution is 0.105. The van der Waals surface area contributed by atoms with Crippen molar-refractivity contribution in [2.75, 3.05) is 14.1 Å². The minimum absolute atomic E-state index is 0.0695. The molecule has 98 valence electrons. The number of carbonyl (C=O) groups is 1. The van der Waals surface area contributed by atoms with E-state index in [0.29, 0.717) is 15.5 Å². The molecular weight excluding hydrogens is 280 g/mol. The summed E-state index contributed by atoms with van der Waals surface area (Å²) in [5.41, 5.74) is 1.44. The zero-order valence-electron chi connectivity index (χ0n) is 10.6. The highest BCUT2D eigenvalue weighted by Crippen LogP contribution is 2.28. The third-order valence-electron chi connectivity index (χ3n) is 2.45. The molecule has 0 saturated carbocycles. The molecule has 0 aliphatic rings. The molecule has 0 N–H and O–H groups in total. The number of thiophene rings is 1. The lowest BCUT2D eigenvalue weighted by Crippen LogP contribution is -2.08. The molecule has 2 aromatic rings. The highest BCUT2D eigenvalue weighted by molar-refractivity contribution is 7.13. The topological polar surface area (TPSA) is 33.2 Å². The molecule has 0 bridgehead atoms. The number of halogens is 1. The van der Waals surface area contributed by atoms with Gasteiger partial charge in [-0.15, -0.1) is 11.3 Å². The van der Waals surface area contributed by atoms with Crippen molar-refractivity contribution in [3.63, 3.8) is 0 Å². The third kappa shape index (κ3) is 3.22. The Hall–Kier alpha value is -1.65. The number of ketones is 1. The number of carbonyl (C=O) groups excluding carboxylic acids is 1. The second-order valence-electron chi connectivity index (χ2n) is 4.17. The Kier molecular flexibility index (Phi) is 4.35. The van der Waals surface area contributed by atoms with Gasteiger partial charge in [-0.2, -0.15) is 0 Å². The molecule has 0 aliphatic heterocycles. The monoisotopic (exact) mass is 292 g/mol. The summed E-state index contributed by atoms with van der Waals surface area (Å²) in [6, 6.07) is 5.36. The van der Waals surface area contributed by atoms with Crippen molar-refractivity contribution in [1.82, 2.24) is 9.88 Å². The molecule has 0 radical (unpaired) electrons. The van der Waals surface area contributed by atoms with Gasteiger partial charge in [-0.1, -0.05) is 11.6 Å². The van der Waals surface area contributed by atoms with Gasteiger partial charge in [0.25, 0.3) is 0 Å². The molecule has 2 rings (SSSR count). The van der Waals surface area contributed by atoms with Crippen LogP contribution in [0.3, 0.4) is 0 Å². The maximum Gasteiger partial charge on any atom is 0.206 e. The Bertz CT molecular complexity index is 605. The molecule has 2 aromatic heterocycles. The van der Waals surface area contributed by atoms with Crippen molar-refractivity contribution in [1.29, 1.82) is 0 Å². The zero-order valence-corrected chi connectivity index (χ0v) is 12.2. The number of allylic oxidation sites excluding steroid dienone is 1. The molecule has 19 heavy (non-hydrogen) atoms. The van der Waals surface area contributed by atoms with E-state index in [-0.39, 0.29) is 5.78 Å². The molecule has 5 heteroatoms. The summed E-state index contributed by atoms with van der Waals surface area (Å²) in [6.07, 6.45) is 5.14. The quantitative estimate of drug-likeness (QED) is 0.638. The van der Waals surface area contributed by atoms with Gasteiger partial charge in [0.15, 0.2) is 0 Å². The molecule has 0 aliphatic carbocycles. The van der Waals surface area contributed by atoms with Crippen LogP contribution in [-0.2, 0) is 0 Å². The van der Waals surface area contributed by atoms with Crippen molar-refractivity contribution >= 4 is 34.3 Å². The van der Waals surface area contributed by atoms with Crippen LogP contribution in [0.1, 0.15) is 15.2 Å². The largest absolute Gasteiger partial charge is 0.383 e. The van der Waals surface area contributed by atoms with Crippen LogP contribution in [0.15, 0.2) is 42.2 Å². The van der Waals surface area contributed by atoms with E-state index in [2.05, 4.69) is 4.98 Å². The first-order valence-electron chi connectivity index (χ1n) is 5.66. The van der Waals surface area contributed by atoms with Crippen LogP contribution >= 0.6 is 22.9 Å². The Morgan fingerprint density at radius 3 is 2.53 bits per heavy atom. The van der Waals surface area contributed by atoms with Gasteiger partial charge < -0.3 is 4.90 Å². The number of Topliss-reactive ketones (excluding diaryl/α,β-unsaturated/α-hetero) is 1. The Balaban J connectivity index is 2.46. The summed E-state index contributed by atoms with van der Waals surface area (Å²) in [7, 11) is 3.76. The number of nitrogens with zero attached hydrogens (tertiary/aromatic N) is 2. The standard InChI is InChI=1S/C14H13ClN2OS/c1-17(2)9-11(10-3-6-16-7-4-10)13(18)14-12(15)5-8-19-14/h3-9H,1-2H3. The number of hydrogen-bond acceptors (Lipinski definition) is 4. The lowest BCUT2D eigenvalue weighted by atomic mass is 10.0. The molecule has 0 aromatic carbocycles. The molecule has 0 amide bonds. The molecule has 0 unspecified atom stereocenters. The molecule has 0 atom stereocenters. The van der Waals surface area contributed by atoms with Gasteiger partial charge >= 0.3 is 0 Å². The van der Waals surface area contributed by atoms with E-state index in [9.17, 15) is 4.79 Å². The second-order valence-corrected chi connectivity index (χ2v) is 5.49. The summed E-state index contributed by atoms with van der Waals surface area (Å²) in [5, 5.41) is 2.31. The summed E-state index contributed by atoms with van der Waals surface area (Å²) in [5.74, 6) is -0.0695. The number of pyridine rings is 1. The van der Waals surface area contributed by atoms with Gasteiger partial charge in [-0.3, -0.25) is 9.78 Å². The van der Waals surface area contributed by atoms with Crippen LogP contribution < -0.4 is 0 Å². The van der Waals surface area contributed by atoms with Crippen LogP contribution in [0.25, 0.3) is 5.57 Å². The predicted octanol–water partition coefficient (Wildman–Crippen LogP) is 3.58. The van der Waals surface area contributed by atoms with Gasteiger partial charge in [0, 0.05) is 38.3 Å². The second kappa shape index (κ2) is 5.99. The molecule has 3 nitrogen and oxygen atoms in total. The van der Waals surface area contributed by atoms with Crippen molar-refractivity contribution in [2.45, 2.75) is 0 Å². The molecule has 0 saturated heterocycles. The van der Waals surface area contributed by atoms with E-state index in [0.717, 1.165) is 5.56 Å². The van der Waals surface area contributed by atoms with Crippen LogP contribution in [-0.4, -0.2) is 29.8 Å². The van der Waals surface area contributed by atoms with Crippen molar-refractivity contribution < 1.29 is 4.79 Å². The van der Waals surface area contributed by atoms with Gasteiger partial charge in [-0.25, -0.2) is 0 Å². The zero-order chi connectivity index (χ0) is 13.8. The maximum atomic E-state index is 12.6.